The summed E-state index contributed by atoms with van der Waals surface area (Å²) in [6.45, 7) is 0.858. The predicted molar refractivity (Wildman–Crippen MR) is 51.8 cm³/mol. The van der Waals surface area contributed by atoms with Gasteiger partial charge in [0, 0.05) is 0 Å². The summed E-state index contributed by atoms with van der Waals surface area (Å²) in [4.78, 5) is 10.1. The van der Waals surface area contributed by atoms with Crippen LogP contribution in [0.1, 0.15) is 12.8 Å². The summed E-state index contributed by atoms with van der Waals surface area (Å²) < 4.78 is 103. The Morgan fingerprint density at radius 1 is 0.909 bits per heavy atom. The third-order valence-corrected chi connectivity index (χ3v) is 2.59. The summed E-state index contributed by atoms with van der Waals surface area (Å²) in [5.74, 6) is -0.720. The monoisotopic (exact) mass is 351 g/mol. The Morgan fingerprint density at radius 2 is 1.27 bits per heavy atom. The molecule has 1 unspecified atom stereocenters. The molecule has 0 amide bonds. The fourth-order valence-electron chi connectivity index (χ4n) is 1.38. The number of halogens is 9. The summed E-state index contributed by atoms with van der Waals surface area (Å²) >= 11 is 0. The second-order valence-electron chi connectivity index (χ2n) is 4.19. The summed E-state index contributed by atoms with van der Waals surface area (Å²) in [7, 11) is 0. The fraction of sp³-hybridized carbons (Fsp3) is 0.889. The standard InChI is InChI=1S/C5H9NO2.C4HF9O/c7-5(8)4-2-1-3-6-4;5-2(6,7)1(14,3(8,9)10)4(11,12)13/h4,6H,1-3H2,(H,7,8);14H. The topological polar surface area (TPSA) is 69.6 Å². The molecule has 1 saturated heterocycles. The zero-order valence-electron chi connectivity index (χ0n) is 10.4. The van der Waals surface area contributed by atoms with E-state index in [2.05, 4.69) is 5.32 Å². The number of carbonyl (C=O) groups is 1. The van der Waals surface area contributed by atoms with E-state index in [1.54, 1.807) is 0 Å². The number of nitrogens with one attached hydrogen (secondary N) is 1. The van der Waals surface area contributed by atoms with Gasteiger partial charge in [-0.3, -0.25) is 4.79 Å². The smallest absolute Gasteiger partial charge is 0.435 e. The molecule has 132 valence electrons. The Labute approximate surface area is 116 Å². The van der Waals surface area contributed by atoms with Gasteiger partial charge in [-0.15, -0.1) is 0 Å². The number of hydrogen-bond donors (Lipinski definition) is 3. The van der Waals surface area contributed by atoms with Gasteiger partial charge < -0.3 is 15.5 Å². The van der Waals surface area contributed by atoms with Crippen LogP contribution in [0.2, 0.25) is 0 Å². The molecule has 0 radical (unpaired) electrons. The first-order chi connectivity index (χ1) is 9.55. The van der Waals surface area contributed by atoms with Gasteiger partial charge in [0.25, 0.3) is 0 Å². The third-order valence-electron chi connectivity index (χ3n) is 2.59. The quantitative estimate of drug-likeness (QED) is 0.634. The van der Waals surface area contributed by atoms with Crippen LogP contribution in [0, 0.1) is 0 Å². The van der Waals surface area contributed by atoms with Crippen molar-refractivity contribution < 1.29 is 54.5 Å². The minimum absolute atomic E-state index is 0.269. The summed E-state index contributed by atoms with van der Waals surface area (Å²) in [5, 5.41) is 18.9. The highest BCUT2D eigenvalue weighted by atomic mass is 19.4. The van der Waals surface area contributed by atoms with Crippen molar-refractivity contribution in [3.05, 3.63) is 0 Å². The SMILES string of the molecule is O=C(O)C1CCCN1.OC(C(F)(F)F)(C(F)(F)F)C(F)(F)F. The first-order valence-corrected chi connectivity index (χ1v) is 5.44. The lowest BCUT2D eigenvalue weighted by molar-refractivity contribution is -0.447. The Bertz CT molecular complexity index is 345. The molecule has 1 fully saturated rings. The summed E-state index contributed by atoms with van der Waals surface area (Å²) in [6.07, 6.45) is -18.8. The van der Waals surface area contributed by atoms with E-state index in [0.29, 0.717) is 0 Å². The molecule has 0 bridgehead atoms. The van der Waals surface area contributed by atoms with Crippen LogP contribution in [-0.2, 0) is 4.79 Å². The second-order valence-corrected chi connectivity index (χ2v) is 4.19. The van der Waals surface area contributed by atoms with E-state index in [4.69, 9.17) is 10.2 Å². The van der Waals surface area contributed by atoms with Crippen molar-refractivity contribution in [2.45, 2.75) is 43.0 Å². The maximum absolute atomic E-state index is 11.4. The van der Waals surface area contributed by atoms with Crippen molar-refractivity contribution in [2.75, 3.05) is 6.54 Å². The fourth-order valence-corrected chi connectivity index (χ4v) is 1.38. The molecule has 1 aliphatic heterocycles. The van der Waals surface area contributed by atoms with Crippen LogP contribution in [0.3, 0.4) is 0 Å². The van der Waals surface area contributed by atoms with E-state index in [0.717, 1.165) is 19.4 Å². The molecule has 0 spiro atoms. The van der Waals surface area contributed by atoms with E-state index < -0.39 is 30.1 Å². The van der Waals surface area contributed by atoms with E-state index in [-0.39, 0.29) is 6.04 Å². The molecular formula is C9H10F9NO3. The van der Waals surface area contributed by atoms with Gasteiger partial charge in [-0.25, -0.2) is 0 Å². The maximum atomic E-state index is 11.4. The van der Waals surface area contributed by atoms with E-state index >= 15 is 0 Å². The lowest BCUT2D eigenvalue weighted by Gasteiger charge is -2.33. The van der Waals surface area contributed by atoms with Gasteiger partial charge in [0.1, 0.15) is 6.04 Å². The van der Waals surface area contributed by atoms with E-state index in [1.165, 1.54) is 0 Å². The zero-order chi connectivity index (χ0) is 18.0. The number of rotatable bonds is 1. The summed E-state index contributed by atoms with van der Waals surface area (Å²) in [6, 6.07) is -0.269. The molecule has 4 nitrogen and oxygen atoms in total. The van der Waals surface area contributed by atoms with Crippen LogP contribution in [-0.4, -0.2) is 52.9 Å². The normalized spacial score (nSPS) is 20.4. The Morgan fingerprint density at radius 3 is 1.36 bits per heavy atom. The highest BCUT2D eigenvalue weighted by molar-refractivity contribution is 5.73. The van der Waals surface area contributed by atoms with Gasteiger partial charge in [-0.2, -0.15) is 39.5 Å². The minimum atomic E-state index is -6.87. The third kappa shape index (κ3) is 4.38. The molecule has 1 atom stereocenters. The van der Waals surface area contributed by atoms with Crippen LogP contribution >= 0.6 is 0 Å². The molecule has 0 aromatic heterocycles. The van der Waals surface area contributed by atoms with Crippen LogP contribution in [0.4, 0.5) is 39.5 Å². The van der Waals surface area contributed by atoms with E-state index in [1.807, 2.05) is 0 Å². The van der Waals surface area contributed by atoms with Crippen molar-refractivity contribution in [3.63, 3.8) is 0 Å². The minimum Gasteiger partial charge on any atom is -0.480 e. The Hall–Kier alpha value is -1.24. The highest BCUT2D eigenvalue weighted by Gasteiger charge is 2.83. The zero-order valence-corrected chi connectivity index (χ0v) is 10.4. The predicted octanol–water partition coefficient (Wildman–Crippen LogP) is 2.23. The molecule has 1 rings (SSSR count). The molecule has 1 aliphatic rings. The van der Waals surface area contributed by atoms with Crippen molar-refractivity contribution in [1.82, 2.24) is 5.32 Å². The number of alkyl halides is 9. The molecule has 3 N–H and O–H groups in total. The van der Waals surface area contributed by atoms with Crippen LogP contribution in [0.15, 0.2) is 0 Å². The Balaban J connectivity index is 0.000000461. The lowest BCUT2D eigenvalue weighted by atomic mass is 10.0. The number of aliphatic hydroxyl groups is 1. The number of hydrogen-bond acceptors (Lipinski definition) is 3. The molecule has 1 heterocycles. The molecule has 0 aromatic carbocycles. The van der Waals surface area contributed by atoms with Crippen molar-refractivity contribution in [2.24, 2.45) is 0 Å². The number of carboxylic acids is 1. The van der Waals surface area contributed by atoms with Crippen LogP contribution in [0.5, 0.6) is 0 Å². The molecule has 0 aliphatic carbocycles. The number of aliphatic carboxylic acids is 1. The molecule has 0 saturated carbocycles. The average Bonchev–Trinajstić information content (AvgIpc) is 2.77. The number of carboxylic acid groups (broad SMARTS) is 1. The molecular weight excluding hydrogens is 341 g/mol. The second kappa shape index (κ2) is 6.48. The van der Waals surface area contributed by atoms with Gasteiger partial charge >= 0.3 is 30.1 Å². The van der Waals surface area contributed by atoms with Crippen molar-refractivity contribution in [1.29, 1.82) is 0 Å². The van der Waals surface area contributed by atoms with Gasteiger partial charge in [-0.05, 0) is 19.4 Å². The Kier molecular flexibility index (Phi) is 6.11. The first kappa shape index (κ1) is 20.8. The lowest BCUT2D eigenvalue weighted by Crippen LogP contribution is -2.66. The van der Waals surface area contributed by atoms with Gasteiger partial charge in [-0.1, -0.05) is 0 Å². The first-order valence-electron chi connectivity index (χ1n) is 5.44. The van der Waals surface area contributed by atoms with Crippen LogP contribution in [0.25, 0.3) is 0 Å². The molecule has 22 heavy (non-hydrogen) atoms. The van der Waals surface area contributed by atoms with E-state index in [9.17, 15) is 44.3 Å². The maximum Gasteiger partial charge on any atom is 0.435 e. The summed E-state index contributed by atoms with van der Waals surface area (Å²) in [5.41, 5.74) is -6.69. The molecule has 13 heteroatoms. The average molecular weight is 351 g/mol. The van der Waals surface area contributed by atoms with Crippen LogP contribution < -0.4 is 5.32 Å². The van der Waals surface area contributed by atoms with Gasteiger partial charge in [0.15, 0.2) is 0 Å². The largest absolute Gasteiger partial charge is 0.480 e. The van der Waals surface area contributed by atoms with Crippen molar-refractivity contribution in [3.8, 4) is 0 Å². The van der Waals surface area contributed by atoms with Gasteiger partial charge in [0.05, 0.1) is 0 Å². The highest BCUT2D eigenvalue weighted by Crippen LogP contribution is 2.52. The van der Waals surface area contributed by atoms with Crippen molar-refractivity contribution >= 4 is 5.97 Å². The molecule has 0 aromatic rings. The van der Waals surface area contributed by atoms with Gasteiger partial charge in [0.2, 0.25) is 0 Å².